The van der Waals surface area contributed by atoms with Crippen LogP contribution in [0.5, 0.6) is 0 Å². The second kappa shape index (κ2) is 7.71. The van der Waals surface area contributed by atoms with Gasteiger partial charge in [-0.2, -0.15) is 0 Å². The number of epoxide rings is 1. The van der Waals surface area contributed by atoms with E-state index in [9.17, 15) is 4.79 Å². The lowest BCUT2D eigenvalue weighted by Gasteiger charge is -2.43. The summed E-state index contributed by atoms with van der Waals surface area (Å²) in [6, 6.07) is 20.5. The summed E-state index contributed by atoms with van der Waals surface area (Å²) in [5.41, 5.74) is 2.30. The SMILES string of the molecule is C[C@@H]1CC[C@@H](C(C)(C)c2ccccc2)[C@H](OC(=O)[C@@H]2O[C@@H]2c2ccccc2)C1. The van der Waals surface area contributed by atoms with Gasteiger partial charge in [-0.05, 0) is 35.3 Å². The van der Waals surface area contributed by atoms with Gasteiger partial charge in [0.25, 0.3) is 0 Å². The Kier molecular flexibility index (Phi) is 5.29. The van der Waals surface area contributed by atoms with Crippen LogP contribution in [0, 0.1) is 11.8 Å². The second-order valence-electron chi connectivity index (χ2n) is 8.98. The van der Waals surface area contributed by atoms with Crippen molar-refractivity contribution >= 4 is 5.97 Å². The number of benzene rings is 2. The number of ether oxygens (including phenoxy) is 2. The van der Waals surface area contributed by atoms with Gasteiger partial charge in [0.15, 0.2) is 6.10 Å². The molecule has 1 saturated heterocycles. The standard InChI is InChI=1S/C25H30O3/c1-17-14-15-20(25(2,3)19-12-8-5-9-13-19)21(16-17)27-24(26)23-22(28-23)18-10-6-4-7-11-18/h4-13,17,20-23H,14-16H2,1-3H3/t17-,20-,21-,22-,23-/m1/s1. The van der Waals surface area contributed by atoms with Gasteiger partial charge in [0.1, 0.15) is 12.2 Å². The molecule has 0 bridgehead atoms. The average molecular weight is 379 g/mol. The number of hydrogen-bond donors (Lipinski definition) is 0. The van der Waals surface area contributed by atoms with Crippen LogP contribution in [0.1, 0.15) is 57.3 Å². The molecular weight excluding hydrogens is 348 g/mol. The lowest BCUT2D eigenvalue weighted by Crippen LogP contribution is -2.44. The van der Waals surface area contributed by atoms with E-state index in [-0.39, 0.29) is 23.6 Å². The minimum atomic E-state index is -0.458. The Hall–Kier alpha value is -2.13. The van der Waals surface area contributed by atoms with Gasteiger partial charge in [0, 0.05) is 5.92 Å². The smallest absolute Gasteiger partial charge is 0.338 e. The van der Waals surface area contributed by atoms with E-state index < -0.39 is 6.10 Å². The second-order valence-corrected chi connectivity index (χ2v) is 8.98. The quantitative estimate of drug-likeness (QED) is 0.513. The predicted molar refractivity (Wildman–Crippen MR) is 110 cm³/mol. The third-order valence-electron chi connectivity index (χ3n) is 6.62. The van der Waals surface area contributed by atoms with E-state index in [0.29, 0.717) is 11.8 Å². The van der Waals surface area contributed by atoms with Gasteiger partial charge in [-0.25, -0.2) is 4.79 Å². The van der Waals surface area contributed by atoms with Crippen molar-refractivity contribution < 1.29 is 14.3 Å². The third-order valence-corrected chi connectivity index (χ3v) is 6.62. The van der Waals surface area contributed by atoms with Crippen molar-refractivity contribution in [1.29, 1.82) is 0 Å². The monoisotopic (exact) mass is 378 g/mol. The van der Waals surface area contributed by atoms with Crippen molar-refractivity contribution in [3.63, 3.8) is 0 Å². The summed E-state index contributed by atoms with van der Waals surface area (Å²) in [6.07, 6.45) is 2.51. The van der Waals surface area contributed by atoms with Gasteiger partial charge in [-0.15, -0.1) is 0 Å². The number of carbonyl (C=O) groups is 1. The van der Waals surface area contributed by atoms with E-state index in [1.165, 1.54) is 12.0 Å². The fraction of sp³-hybridized carbons (Fsp3) is 0.480. The fourth-order valence-corrected chi connectivity index (χ4v) is 4.77. The van der Waals surface area contributed by atoms with E-state index in [0.717, 1.165) is 18.4 Å². The summed E-state index contributed by atoms with van der Waals surface area (Å²) < 4.78 is 11.8. The molecule has 28 heavy (non-hydrogen) atoms. The number of esters is 1. The maximum Gasteiger partial charge on any atom is 0.338 e. The van der Waals surface area contributed by atoms with Crippen molar-refractivity contribution in [2.75, 3.05) is 0 Å². The molecule has 3 nitrogen and oxygen atoms in total. The average Bonchev–Trinajstić information content (AvgIpc) is 3.50. The summed E-state index contributed by atoms with van der Waals surface area (Å²) >= 11 is 0. The molecule has 0 radical (unpaired) electrons. The van der Waals surface area contributed by atoms with Gasteiger partial charge >= 0.3 is 5.97 Å². The lowest BCUT2D eigenvalue weighted by atomic mass is 9.64. The van der Waals surface area contributed by atoms with E-state index in [1.807, 2.05) is 36.4 Å². The summed E-state index contributed by atoms with van der Waals surface area (Å²) in [7, 11) is 0. The highest BCUT2D eigenvalue weighted by molar-refractivity contribution is 5.78. The lowest BCUT2D eigenvalue weighted by molar-refractivity contribution is -0.158. The Bertz CT molecular complexity index is 799. The van der Waals surface area contributed by atoms with Crippen molar-refractivity contribution in [3.8, 4) is 0 Å². The largest absolute Gasteiger partial charge is 0.460 e. The molecule has 2 aliphatic rings. The molecule has 4 rings (SSSR count). The topological polar surface area (TPSA) is 38.8 Å². The molecule has 3 heteroatoms. The first-order valence-corrected chi connectivity index (χ1v) is 10.4. The minimum Gasteiger partial charge on any atom is -0.460 e. The van der Waals surface area contributed by atoms with Crippen molar-refractivity contribution in [3.05, 3.63) is 71.8 Å². The molecule has 1 heterocycles. The van der Waals surface area contributed by atoms with Crippen molar-refractivity contribution in [2.45, 2.75) is 63.8 Å². The number of carbonyl (C=O) groups excluding carboxylic acids is 1. The summed E-state index contributed by atoms with van der Waals surface area (Å²) in [5.74, 6) is 0.677. The van der Waals surface area contributed by atoms with E-state index in [4.69, 9.17) is 9.47 Å². The highest BCUT2D eigenvalue weighted by Gasteiger charge is 2.50. The summed E-state index contributed by atoms with van der Waals surface area (Å²) in [6.45, 7) is 6.82. The summed E-state index contributed by atoms with van der Waals surface area (Å²) in [5, 5.41) is 0. The Morgan fingerprint density at radius 2 is 1.64 bits per heavy atom. The van der Waals surface area contributed by atoms with Crippen LogP contribution in [0.2, 0.25) is 0 Å². The van der Waals surface area contributed by atoms with Crippen molar-refractivity contribution in [1.82, 2.24) is 0 Å². The van der Waals surface area contributed by atoms with Gasteiger partial charge in [-0.3, -0.25) is 0 Å². The molecule has 1 aliphatic heterocycles. The van der Waals surface area contributed by atoms with Gasteiger partial charge in [0.05, 0.1) is 0 Å². The molecule has 0 spiro atoms. The molecule has 0 N–H and O–H groups in total. The number of rotatable bonds is 5. The highest BCUT2D eigenvalue weighted by atomic mass is 16.6. The zero-order chi connectivity index (χ0) is 19.7. The van der Waals surface area contributed by atoms with Crippen molar-refractivity contribution in [2.24, 2.45) is 11.8 Å². The predicted octanol–water partition coefficient (Wildman–Crippen LogP) is 5.45. The molecule has 2 aromatic carbocycles. The first kappa shape index (κ1) is 19.2. The first-order valence-electron chi connectivity index (χ1n) is 10.4. The Morgan fingerprint density at radius 1 is 1.00 bits per heavy atom. The van der Waals surface area contributed by atoms with Crippen LogP contribution in [-0.2, 0) is 19.7 Å². The Morgan fingerprint density at radius 3 is 2.32 bits per heavy atom. The Labute approximate surface area is 168 Å². The molecule has 2 fully saturated rings. The van der Waals surface area contributed by atoms with Gasteiger partial charge < -0.3 is 9.47 Å². The van der Waals surface area contributed by atoms with Crippen LogP contribution in [0.3, 0.4) is 0 Å². The van der Waals surface area contributed by atoms with Gasteiger partial charge in [-0.1, -0.05) is 87.9 Å². The molecule has 0 aromatic heterocycles. The Balaban J connectivity index is 1.47. The van der Waals surface area contributed by atoms with Gasteiger partial charge in [0.2, 0.25) is 0 Å². The normalized spacial score (nSPS) is 29.9. The van der Waals surface area contributed by atoms with Crippen LogP contribution >= 0.6 is 0 Å². The van der Waals surface area contributed by atoms with E-state index in [2.05, 4.69) is 45.0 Å². The molecule has 1 saturated carbocycles. The highest BCUT2D eigenvalue weighted by Crippen LogP contribution is 2.45. The maximum atomic E-state index is 12.8. The fourth-order valence-electron chi connectivity index (χ4n) is 4.77. The van der Waals surface area contributed by atoms with Crippen LogP contribution < -0.4 is 0 Å². The minimum absolute atomic E-state index is 0.0460. The van der Waals surface area contributed by atoms with Crippen LogP contribution in [0.15, 0.2) is 60.7 Å². The molecule has 148 valence electrons. The maximum absolute atomic E-state index is 12.8. The molecule has 0 unspecified atom stereocenters. The van der Waals surface area contributed by atoms with E-state index >= 15 is 0 Å². The zero-order valence-corrected chi connectivity index (χ0v) is 17.0. The number of hydrogen-bond acceptors (Lipinski definition) is 3. The van der Waals surface area contributed by atoms with Crippen LogP contribution in [0.4, 0.5) is 0 Å². The third kappa shape index (κ3) is 3.86. The molecule has 2 aromatic rings. The zero-order valence-electron chi connectivity index (χ0n) is 17.0. The first-order chi connectivity index (χ1) is 13.5. The molecular formula is C25H30O3. The molecule has 5 atom stereocenters. The molecule has 1 aliphatic carbocycles. The van der Waals surface area contributed by atoms with Crippen LogP contribution in [-0.4, -0.2) is 18.2 Å². The van der Waals surface area contributed by atoms with E-state index in [1.54, 1.807) is 0 Å². The van der Waals surface area contributed by atoms with Crippen LogP contribution in [0.25, 0.3) is 0 Å². The summed E-state index contributed by atoms with van der Waals surface area (Å²) in [4.78, 5) is 12.8. The molecule has 0 amide bonds.